The number of halogens is 1. The number of carbonyl (C=O) groups excluding carboxylic acids is 1. The Kier molecular flexibility index (Phi) is 5.46. The fourth-order valence-corrected chi connectivity index (χ4v) is 2.74. The van der Waals surface area contributed by atoms with Crippen molar-refractivity contribution in [2.24, 2.45) is 0 Å². The van der Waals surface area contributed by atoms with E-state index in [1.165, 1.54) is 10.9 Å². The number of aliphatic hydroxyl groups excluding tert-OH is 1. The van der Waals surface area contributed by atoms with Crippen LogP contribution in [-0.4, -0.2) is 22.3 Å². The number of nitrogen functional groups attached to an aromatic ring is 1. The first-order valence-electron chi connectivity index (χ1n) is 8.06. The zero-order valence-corrected chi connectivity index (χ0v) is 15.0. The number of hydrogen-bond donors (Lipinski definition) is 3. The van der Waals surface area contributed by atoms with Gasteiger partial charge in [-0.3, -0.25) is 14.3 Å². The molecule has 1 amide bonds. The van der Waals surface area contributed by atoms with Gasteiger partial charge in [0.1, 0.15) is 12.2 Å². The predicted octanol–water partition coefficient (Wildman–Crippen LogP) is 1.64. The summed E-state index contributed by atoms with van der Waals surface area (Å²) in [4.78, 5) is 25.3. The minimum atomic E-state index is -0.525. The van der Waals surface area contributed by atoms with Crippen molar-refractivity contribution < 1.29 is 9.90 Å². The van der Waals surface area contributed by atoms with Gasteiger partial charge in [-0.15, -0.1) is 0 Å². The van der Waals surface area contributed by atoms with Gasteiger partial charge < -0.3 is 16.3 Å². The van der Waals surface area contributed by atoms with Crippen LogP contribution in [0, 0.1) is 11.8 Å². The number of amides is 1. The molecule has 0 fully saturated rings. The highest BCUT2D eigenvalue weighted by Gasteiger charge is 2.15. The third-order valence-corrected chi connectivity index (χ3v) is 4.21. The number of benzene rings is 2. The molecule has 2 aromatic carbocycles. The van der Waals surface area contributed by atoms with E-state index in [9.17, 15) is 9.59 Å². The summed E-state index contributed by atoms with van der Waals surface area (Å²) in [6, 6.07) is 11.9. The van der Waals surface area contributed by atoms with Crippen LogP contribution in [0.15, 0.2) is 53.5 Å². The van der Waals surface area contributed by atoms with Gasteiger partial charge in [0.05, 0.1) is 5.52 Å². The highest BCUT2D eigenvalue weighted by molar-refractivity contribution is 6.30. The Labute approximate surface area is 160 Å². The van der Waals surface area contributed by atoms with Crippen LogP contribution >= 0.6 is 11.6 Å². The van der Waals surface area contributed by atoms with E-state index in [1.54, 1.807) is 42.5 Å². The largest absolute Gasteiger partial charge is 0.384 e. The maximum Gasteiger partial charge on any atom is 0.257 e. The maximum absolute atomic E-state index is 12.8. The topological polar surface area (TPSA) is 97.4 Å². The number of hydrogen-bond acceptors (Lipinski definition) is 4. The number of nitrogens with zero attached hydrogens (tertiary/aromatic N) is 1. The average Bonchev–Trinajstić information content (AvgIpc) is 2.68. The van der Waals surface area contributed by atoms with E-state index in [-0.39, 0.29) is 24.1 Å². The molecule has 0 atom stereocenters. The zero-order valence-electron chi connectivity index (χ0n) is 14.2. The van der Waals surface area contributed by atoms with Crippen molar-refractivity contribution in [1.29, 1.82) is 0 Å². The molecule has 1 heterocycles. The molecule has 6 nitrogen and oxygen atoms in total. The molecule has 27 heavy (non-hydrogen) atoms. The van der Waals surface area contributed by atoms with Gasteiger partial charge in [-0.25, -0.2) is 0 Å². The van der Waals surface area contributed by atoms with E-state index in [2.05, 4.69) is 17.2 Å². The second-order valence-corrected chi connectivity index (χ2v) is 6.22. The molecule has 136 valence electrons. The van der Waals surface area contributed by atoms with Gasteiger partial charge in [0.15, 0.2) is 0 Å². The standard InChI is InChI=1S/C20H16ClN3O3/c21-15-6-3-14(4-7-15)11-23-20(27)17-12-24(22)18-8-5-13(2-1-9-25)10-16(18)19(17)26/h3-8,10,12,25H,9,11,22H2,(H,23,27). The number of aliphatic hydroxyl groups is 1. The van der Waals surface area contributed by atoms with Crippen molar-refractivity contribution in [3.63, 3.8) is 0 Å². The Morgan fingerprint density at radius 2 is 1.96 bits per heavy atom. The monoisotopic (exact) mass is 381 g/mol. The summed E-state index contributed by atoms with van der Waals surface area (Å²) in [6.45, 7) is -0.0353. The smallest absolute Gasteiger partial charge is 0.257 e. The highest BCUT2D eigenvalue weighted by Crippen LogP contribution is 2.13. The minimum Gasteiger partial charge on any atom is -0.384 e. The molecule has 3 rings (SSSR count). The summed E-state index contributed by atoms with van der Waals surface area (Å²) in [5.74, 6) is 10.7. The number of carbonyl (C=O) groups is 1. The molecule has 0 radical (unpaired) electrons. The first-order chi connectivity index (χ1) is 13.0. The lowest BCUT2D eigenvalue weighted by Crippen LogP contribution is -2.30. The molecule has 0 aliphatic heterocycles. The molecule has 7 heteroatoms. The van der Waals surface area contributed by atoms with Gasteiger partial charge in [-0.05, 0) is 35.9 Å². The lowest BCUT2D eigenvalue weighted by molar-refractivity contribution is 0.0949. The SMILES string of the molecule is Nn1cc(C(=O)NCc2ccc(Cl)cc2)c(=O)c2cc(C#CCO)ccc21. The molecular weight excluding hydrogens is 366 g/mol. The van der Waals surface area contributed by atoms with Gasteiger partial charge >= 0.3 is 0 Å². The van der Waals surface area contributed by atoms with Gasteiger partial charge in [0.2, 0.25) is 5.43 Å². The normalized spacial score (nSPS) is 10.3. The quantitative estimate of drug-likeness (QED) is 0.474. The van der Waals surface area contributed by atoms with Crippen molar-refractivity contribution in [2.75, 3.05) is 12.4 Å². The summed E-state index contributed by atoms with van der Waals surface area (Å²) < 4.78 is 1.23. The van der Waals surface area contributed by atoms with Crippen molar-refractivity contribution >= 4 is 28.4 Å². The van der Waals surface area contributed by atoms with Crippen molar-refractivity contribution in [2.45, 2.75) is 6.54 Å². The molecule has 0 bridgehead atoms. The van der Waals surface area contributed by atoms with Crippen molar-refractivity contribution in [3.05, 3.63) is 80.6 Å². The van der Waals surface area contributed by atoms with E-state index in [0.717, 1.165) is 5.56 Å². The lowest BCUT2D eigenvalue weighted by atomic mass is 10.1. The third-order valence-electron chi connectivity index (χ3n) is 3.95. The molecule has 0 saturated heterocycles. The van der Waals surface area contributed by atoms with Crippen molar-refractivity contribution in [3.8, 4) is 11.8 Å². The Balaban J connectivity index is 1.93. The number of pyridine rings is 1. The fraction of sp³-hybridized carbons (Fsp3) is 0.100. The Morgan fingerprint density at radius 3 is 2.67 bits per heavy atom. The number of nitrogens with two attached hydrogens (primary N) is 1. The first-order valence-corrected chi connectivity index (χ1v) is 8.44. The van der Waals surface area contributed by atoms with Crippen LogP contribution in [0.2, 0.25) is 5.02 Å². The van der Waals surface area contributed by atoms with Gasteiger partial charge in [-0.2, -0.15) is 0 Å². The Hall–Kier alpha value is -3.27. The number of rotatable bonds is 3. The summed E-state index contributed by atoms with van der Waals surface area (Å²) >= 11 is 5.84. The van der Waals surface area contributed by atoms with Crippen molar-refractivity contribution in [1.82, 2.24) is 9.99 Å². The number of aromatic nitrogens is 1. The molecular formula is C20H16ClN3O3. The van der Waals surface area contributed by atoms with Crippen LogP contribution in [0.1, 0.15) is 21.5 Å². The summed E-state index contributed by atoms with van der Waals surface area (Å²) in [5, 5.41) is 12.4. The molecule has 0 spiro atoms. The van der Waals surface area contributed by atoms with Crippen LogP contribution < -0.4 is 16.6 Å². The number of fused-ring (bicyclic) bond motifs is 1. The van der Waals surface area contributed by atoms with Crippen LogP contribution in [0.4, 0.5) is 0 Å². The van der Waals surface area contributed by atoms with E-state index in [0.29, 0.717) is 16.1 Å². The Morgan fingerprint density at radius 1 is 1.22 bits per heavy atom. The summed E-state index contributed by atoms with van der Waals surface area (Å²) in [6.07, 6.45) is 1.31. The van der Waals surface area contributed by atoms with Crippen LogP contribution in [-0.2, 0) is 6.54 Å². The predicted molar refractivity (Wildman–Crippen MR) is 105 cm³/mol. The molecule has 0 unspecified atom stereocenters. The fourth-order valence-electron chi connectivity index (χ4n) is 2.62. The van der Waals surface area contributed by atoms with E-state index >= 15 is 0 Å². The molecule has 0 aliphatic carbocycles. The third kappa shape index (κ3) is 4.11. The molecule has 4 N–H and O–H groups in total. The van der Waals surface area contributed by atoms with Gasteiger partial charge in [0.25, 0.3) is 5.91 Å². The molecule has 0 aliphatic rings. The first kappa shape index (κ1) is 18.5. The zero-order chi connectivity index (χ0) is 19.4. The van der Waals surface area contributed by atoms with E-state index < -0.39 is 11.3 Å². The van der Waals surface area contributed by atoms with Crippen LogP contribution in [0.5, 0.6) is 0 Å². The lowest BCUT2D eigenvalue weighted by Gasteiger charge is -2.10. The van der Waals surface area contributed by atoms with Gasteiger partial charge in [-0.1, -0.05) is 35.6 Å². The highest BCUT2D eigenvalue weighted by atomic mass is 35.5. The summed E-state index contributed by atoms with van der Waals surface area (Å²) in [5.41, 5.74) is 1.37. The van der Waals surface area contributed by atoms with E-state index in [1.807, 2.05) is 0 Å². The van der Waals surface area contributed by atoms with Gasteiger partial charge in [0, 0.05) is 28.7 Å². The second kappa shape index (κ2) is 7.96. The maximum atomic E-state index is 12.8. The molecule has 1 aromatic heterocycles. The average molecular weight is 382 g/mol. The van der Waals surface area contributed by atoms with Crippen LogP contribution in [0.3, 0.4) is 0 Å². The number of nitrogens with one attached hydrogen (secondary N) is 1. The summed E-state index contributed by atoms with van der Waals surface area (Å²) in [7, 11) is 0. The molecule has 3 aromatic rings. The van der Waals surface area contributed by atoms with Crippen LogP contribution in [0.25, 0.3) is 10.9 Å². The Bertz CT molecular complexity index is 1130. The molecule has 0 saturated carbocycles. The minimum absolute atomic E-state index is 0.0637. The van der Waals surface area contributed by atoms with E-state index in [4.69, 9.17) is 22.6 Å². The second-order valence-electron chi connectivity index (χ2n) is 5.78.